The lowest BCUT2D eigenvalue weighted by atomic mass is 9.83. The maximum atomic E-state index is 14.0. The Bertz CT molecular complexity index is 1490. The molecule has 2 heterocycles. The van der Waals surface area contributed by atoms with E-state index in [1.807, 2.05) is 38.2 Å². The number of nitrogens with one attached hydrogen (secondary N) is 1. The van der Waals surface area contributed by atoms with Crippen LogP contribution in [0.25, 0.3) is 21.9 Å². The van der Waals surface area contributed by atoms with Gasteiger partial charge in [0.05, 0.1) is 28.7 Å². The molecule has 174 valence electrons. The molecule has 0 spiro atoms. The number of carbonyl (C=O) groups is 1. The number of rotatable bonds is 5. The highest BCUT2D eigenvalue weighted by molar-refractivity contribution is 5.87. The second-order valence-corrected chi connectivity index (χ2v) is 9.44. The third-order valence-corrected chi connectivity index (χ3v) is 7.45. The first-order valence-corrected chi connectivity index (χ1v) is 11.9. The van der Waals surface area contributed by atoms with Crippen LogP contribution in [0.2, 0.25) is 0 Å². The van der Waals surface area contributed by atoms with E-state index in [1.54, 1.807) is 22.8 Å². The summed E-state index contributed by atoms with van der Waals surface area (Å²) in [5.41, 5.74) is 4.28. The Kier molecular flexibility index (Phi) is 5.52. The van der Waals surface area contributed by atoms with Crippen LogP contribution in [0, 0.1) is 24.2 Å². The van der Waals surface area contributed by atoms with Gasteiger partial charge in [0.25, 0.3) is 0 Å². The molecule has 0 aliphatic heterocycles. The van der Waals surface area contributed by atoms with Gasteiger partial charge >= 0.3 is 11.7 Å². The number of aromatic nitrogens is 3. The number of hydrogen-bond acceptors (Lipinski definition) is 3. The highest BCUT2D eigenvalue weighted by Crippen LogP contribution is 2.36. The number of aryl methyl sites for hydroxylation is 1. The molecule has 7 heteroatoms. The maximum absolute atomic E-state index is 14.0. The van der Waals surface area contributed by atoms with Crippen molar-refractivity contribution in [1.82, 2.24) is 14.1 Å². The molecular weight excluding hydrogens is 428 g/mol. The van der Waals surface area contributed by atoms with Crippen molar-refractivity contribution in [2.75, 3.05) is 0 Å². The van der Waals surface area contributed by atoms with Gasteiger partial charge in [0.2, 0.25) is 0 Å². The van der Waals surface area contributed by atoms with Gasteiger partial charge in [-0.25, -0.2) is 9.59 Å². The minimum atomic E-state index is -0.994. The van der Waals surface area contributed by atoms with Gasteiger partial charge in [-0.1, -0.05) is 31.4 Å². The van der Waals surface area contributed by atoms with E-state index in [1.165, 1.54) is 4.57 Å². The summed E-state index contributed by atoms with van der Waals surface area (Å²) >= 11 is 0. The van der Waals surface area contributed by atoms with Crippen molar-refractivity contribution < 1.29 is 9.90 Å². The maximum Gasteiger partial charge on any atom is 0.330 e. The molecule has 2 N–H and O–H groups in total. The number of hydrogen-bond donors (Lipinski definition) is 2. The first kappa shape index (κ1) is 22.0. The van der Waals surface area contributed by atoms with Gasteiger partial charge in [0, 0.05) is 22.7 Å². The van der Waals surface area contributed by atoms with Crippen molar-refractivity contribution in [3.8, 4) is 6.07 Å². The number of nitrogens with zero attached hydrogens (tertiary/aromatic N) is 3. The van der Waals surface area contributed by atoms with E-state index < -0.39 is 12.0 Å². The Morgan fingerprint density at radius 1 is 1.15 bits per heavy atom. The van der Waals surface area contributed by atoms with Gasteiger partial charge in [-0.05, 0) is 62.4 Å². The zero-order valence-electron chi connectivity index (χ0n) is 19.4. The van der Waals surface area contributed by atoms with Gasteiger partial charge in [-0.15, -0.1) is 0 Å². The van der Waals surface area contributed by atoms with E-state index in [0.717, 1.165) is 54.1 Å². The lowest BCUT2D eigenvalue weighted by Crippen LogP contribution is -2.37. The lowest BCUT2D eigenvalue weighted by molar-refractivity contribution is -0.143. The van der Waals surface area contributed by atoms with Crippen molar-refractivity contribution in [1.29, 1.82) is 5.26 Å². The Morgan fingerprint density at radius 2 is 1.91 bits per heavy atom. The highest BCUT2D eigenvalue weighted by Gasteiger charge is 2.35. The average Bonchev–Trinajstić information content (AvgIpc) is 3.39. The summed E-state index contributed by atoms with van der Waals surface area (Å²) in [6.45, 7) is 4.01. The quantitative estimate of drug-likeness (QED) is 0.426. The molecule has 1 saturated carbocycles. The highest BCUT2D eigenvalue weighted by atomic mass is 16.4. The van der Waals surface area contributed by atoms with E-state index in [0.29, 0.717) is 16.6 Å². The van der Waals surface area contributed by atoms with E-state index in [-0.39, 0.29) is 17.6 Å². The second kappa shape index (κ2) is 8.53. The number of carboxylic acids is 1. The van der Waals surface area contributed by atoms with Gasteiger partial charge in [-0.3, -0.25) is 9.13 Å². The predicted octanol–water partition coefficient (Wildman–Crippen LogP) is 5.28. The molecular formula is C27H28N4O3. The monoisotopic (exact) mass is 456 g/mol. The van der Waals surface area contributed by atoms with Crippen LogP contribution >= 0.6 is 0 Å². The Labute approximate surface area is 197 Å². The minimum absolute atomic E-state index is 0.112. The molecule has 1 fully saturated rings. The largest absolute Gasteiger partial charge is 0.480 e. The van der Waals surface area contributed by atoms with Gasteiger partial charge in [0.1, 0.15) is 6.04 Å². The van der Waals surface area contributed by atoms with Crippen LogP contribution in [-0.4, -0.2) is 25.2 Å². The first-order valence-electron chi connectivity index (χ1n) is 11.9. The Hall–Kier alpha value is -3.79. The van der Waals surface area contributed by atoms with Crippen molar-refractivity contribution in [2.45, 2.75) is 58.0 Å². The van der Waals surface area contributed by atoms with Gasteiger partial charge in [-0.2, -0.15) is 5.26 Å². The third kappa shape index (κ3) is 3.41. The molecule has 0 radical (unpaired) electrons. The smallest absolute Gasteiger partial charge is 0.330 e. The van der Waals surface area contributed by atoms with E-state index in [4.69, 9.17) is 0 Å². The van der Waals surface area contributed by atoms with Crippen LogP contribution in [0.4, 0.5) is 0 Å². The zero-order valence-corrected chi connectivity index (χ0v) is 19.4. The molecule has 5 rings (SSSR count). The van der Waals surface area contributed by atoms with Crippen LogP contribution in [-0.2, 0) is 4.79 Å². The molecule has 7 nitrogen and oxygen atoms in total. The topological polar surface area (TPSA) is 104 Å². The Morgan fingerprint density at radius 3 is 2.62 bits per heavy atom. The molecule has 2 aromatic carbocycles. The van der Waals surface area contributed by atoms with E-state index in [9.17, 15) is 20.0 Å². The van der Waals surface area contributed by atoms with Crippen molar-refractivity contribution in [3.05, 3.63) is 69.8 Å². The number of aliphatic carboxylic acids is 1. The molecule has 2 atom stereocenters. The third-order valence-electron chi connectivity index (χ3n) is 7.45. The number of nitriles is 1. The number of aromatic amines is 1. The summed E-state index contributed by atoms with van der Waals surface area (Å²) in [5.74, 6) is -1.11. The minimum Gasteiger partial charge on any atom is -0.480 e. The van der Waals surface area contributed by atoms with Crippen LogP contribution < -0.4 is 5.69 Å². The number of carboxylic acid groups (broad SMARTS) is 1. The van der Waals surface area contributed by atoms with Crippen molar-refractivity contribution in [2.24, 2.45) is 5.92 Å². The fourth-order valence-electron chi connectivity index (χ4n) is 5.80. The van der Waals surface area contributed by atoms with Crippen LogP contribution in [0.1, 0.15) is 67.8 Å². The molecule has 34 heavy (non-hydrogen) atoms. The molecule has 0 amide bonds. The van der Waals surface area contributed by atoms with E-state index in [2.05, 4.69) is 11.1 Å². The lowest BCUT2D eigenvalue weighted by Gasteiger charge is -2.28. The van der Waals surface area contributed by atoms with Crippen molar-refractivity contribution >= 4 is 27.9 Å². The summed E-state index contributed by atoms with van der Waals surface area (Å²) in [6, 6.07) is 12.0. The summed E-state index contributed by atoms with van der Waals surface area (Å²) in [6.07, 6.45) is 6.52. The molecule has 1 aliphatic carbocycles. The summed E-state index contributed by atoms with van der Waals surface area (Å²) < 4.78 is 3.12. The standard InChI is InChI=1S/C27H28N4O3/c1-16-7-6-10-21-24(16)20(15-29-21)17(2)30-22-12-11-18(14-28)13-23(22)31(27(30)34)25(26(32)33)19-8-4-3-5-9-19/h6-7,10-13,15,17,19,25,29H,3-5,8-9H2,1-2H3,(H,32,33)/t17?,25-/m0/s1. The summed E-state index contributed by atoms with van der Waals surface area (Å²) in [7, 11) is 0. The number of H-pyrrole nitrogens is 1. The van der Waals surface area contributed by atoms with Gasteiger partial charge in [0.15, 0.2) is 0 Å². The normalized spacial score (nSPS) is 16.5. The Balaban J connectivity index is 1.76. The fourth-order valence-corrected chi connectivity index (χ4v) is 5.80. The van der Waals surface area contributed by atoms with Gasteiger partial charge < -0.3 is 10.1 Å². The fraction of sp³-hybridized carbons (Fsp3) is 0.370. The molecule has 2 aromatic heterocycles. The van der Waals surface area contributed by atoms with Crippen molar-refractivity contribution in [3.63, 3.8) is 0 Å². The molecule has 0 bridgehead atoms. The van der Waals surface area contributed by atoms with Crippen LogP contribution in [0.5, 0.6) is 0 Å². The van der Waals surface area contributed by atoms with Crippen LogP contribution in [0.3, 0.4) is 0 Å². The molecule has 0 saturated heterocycles. The zero-order chi connectivity index (χ0) is 24.0. The second-order valence-electron chi connectivity index (χ2n) is 9.44. The molecule has 1 aliphatic rings. The number of benzene rings is 2. The number of imidazole rings is 1. The molecule has 4 aromatic rings. The molecule has 1 unspecified atom stereocenters. The summed E-state index contributed by atoms with van der Waals surface area (Å²) in [5, 5.41) is 20.8. The number of fused-ring (bicyclic) bond motifs is 2. The van der Waals surface area contributed by atoms with E-state index >= 15 is 0 Å². The first-order chi connectivity index (χ1) is 16.4. The van der Waals surface area contributed by atoms with Crippen LogP contribution in [0.15, 0.2) is 47.4 Å². The average molecular weight is 457 g/mol. The SMILES string of the molecule is Cc1cccc2[nH]cc(C(C)n3c(=O)n([C@H](C(=O)O)C4CCCCC4)c4cc(C#N)ccc43)c12. The predicted molar refractivity (Wildman–Crippen MR) is 131 cm³/mol. The summed E-state index contributed by atoms with van der Waals surface area (Å²) in [4.78, 5) is 29.8.